The minimum absolute atomic E-state index is 0.177. The summed E-state index contributed by atoms with van der Waals surface area (Å²) in [6.07, 6.45) is 0.957. The van der Waals surface area contributed by atoms with Gasteiger partial charge in [0, 0.05) is 11.1 Å². The van der Waals surface area contributed by atoms with Crippen molar-refractivity contribution >= 4 is 41.0 Å². The number of nitrogens with one attached hydrogen (secondary N) is 2. The van der Waals surface area contributed by atoms with Crippen LogP contribution in [-0.2, 0) is 14.3 Å². The number of hydrogen-bond acceptors (Lipinski definition) is 4. The smallest absolute Gasteiger partial charge is 0.329 e. The monoisotopic (exact) mass is 400 g/mol. The third kappa shape index (κ3) is 5.61. The first-order valence-corrected chi connectivity index (χ1v) is 9.21. The second-order valence-electron chi connectivity index (χ2n) is 6.68. The SMILES string of the molecule is CC(C)[C@H](NC(=O)c1ccc(Cl)cc1Cl)C(=O)O[C@@H](C)C(=O)NC1CC1. The van der Waals surface area contributed by atoms with Gasteiger partial charge in [0.15, 0.2) is 6.10 Å². The van der Waals surface area contributed by atoms with Crippen molar-refractivity contribution in [2.75, 3.05) is 0 Å². The molecule has 0 heterocycles. The van der Waals surface area contributed by atoms with Gasteiger partial charge in [0.2, 0.25) is 0 Å². The van der Waals surface area contributed by atoms with E-state index in [4.69, 9.17) is 27.9 Å². The summed E-state index contributed by atoms with van der Waals surface area (Å²) in [6, 6.07) is 3.73. The predicted octanol–water partition coefficient (Wildman–Crippen LogP) is 2.96. The normalized spacial score (nSPS) is 15.9. The molecule has 0 saturated heterocycles. The highest BCUT2D eigenvalue weighted by molar-refractivity contribution is 6.36. The number of carbonyl (C=O) groups excluding carboxylic acids is 3. The van der Waals surface area contributed by atoms with E-state index in [-0.39, 0.29) is 28.5 Å². The molecule has 1 saturated carbocycles. The van der Waals surface area contributed by atoms with Gasteiger partial charge in [-0.3, -0.25) is 9.59 Å². The van der Waals surface area contributed by atoms with Gasteiger partial charge < -0.3 is 15.4 Å². The standard InChI is InChI=1S/C18H22Cl2N2O4/c1-9(2)15(18(25)26-10(3)16(23)21-12-5-6-12)22-17(24)13-7-4-11(19)8-14(13)20/h4,7-10,12,15H,5-6H2,1-3H3,(H,21,23)(H,22,24)/t10-,15-/m0/s1. The summed E-state index contributed by atoms with van der Waals surface area (Å²) in [4.78, 5) is 36.8. The van der Waals surface area contributed by atoms with Crippen LogP contribution in [0.3, 0.4) is 0 Å². The van der Waals surface area contributed by atoms with Crippen molar-refractivity contribution in [2.24, 2.45) is 5.92 Å². The van der Waals surface area contributed by atoms with Gasteiger partial charge in [-0.05, 0) is 43.9 Å². The quantitative estimate of drug-likeness (QED) is 0.688. The molecule has 1 aliphatic rings. The van der Waals surface area contributed by atoms with Gasteiger partial charge in [-0.1, -0.05) is 37.0 Å². The summed E-state index contributed by atoms with van der Waals surface area (Å²) >= 11 is 11.9. The maximum absolute atomic E-state index is 12.4. The Hall–Kier alpha value is -1.79. The van der Waals surface area contributed by atoms with Crippen molar-refractivity contribution in [3.05, 3.63) is 33.8 Å². The van der Waals surface area contributed by atoms with Crippen LogP contribution in [0.4, 0.5) is 0 Å². The fourth-order valence-corrected chi connectivity index (χ4v) is 2.73. The van der Waals surface area contributed by atoms with Crippen molar-refractivity contribution in [1.82, 2.24) is 10.6 Å². The summed E-state index contributed by atoms with van der Waals surface area (Å²) in [5, 5.41) is 5.98. The molecule has 1 aromatic carbocycles. The van der Waals surface area contributed by atoms with Crippen LogP contribution in [0, 0.1) is 5.92 Å². The van der Waals surface area contributed by atoms with Crippen molar-refractivity contribution in [3.63, 3.8) is 0 Å². The molecule has 26 heavy (non-hydrogen) atoms. The fourth-order valence-electron chi connectivity index (χ4n) is 2.24. The summed E-state index contributed by atoms with van der Waals surface area (Å²) in [7, 11) is 0. The van der Waals surface area contributed by atoms with E-state index in [2.05, 4.69) is 10.6 Å². The average Bonchev–Trinajstić information content (AvgIpc) is 3.35. The zero-order valence-corrected chi connectivity index (χ0v) is 16.4. The molecule has 0 aromatic heterocycles. The summed E-state index contributed by atoms with van der Waals surface area (Å²) < 4.78 is 5.23. The van der Waals surface area contributed by atoms with Crippen LogP contribution >= 0.6 is 23.2 Å². The number of rotatable bonds is 7. The van der Waals surface area contributed by atoms with Crippen LogP contribution < -0.4 is 10.6 Å². The van der Waals surface area contributed by atoms with E-state index in [1.165, 1.54) is 25.1 Å². The zero-order chi connectivity index (χ0) is 19.4. The number of halogens is 2. The van der Waals surface area contributed by atoms with Crippen LogP contribution in [0.2, 0.25) is 10.0 Å². The largest absolute Gasteiger partial charge is 0.451 e. The number of hydrogen-bond donors (Lipinski definition) is 2. The van der Waals surface area contributed by atoms with Crippen LogP contribution in [-0.4, -0.2) is 36.0 Å². The molecule has 0 bridgehead atoms. The molecule has 0 aliphatic heterocycles. The van der Waals surface area contributed by atoms with E-state index in [0.29, 0.717) is 5.02 Å². The highest BCUT2D eigenvalue weighted by atomic mass is 35.5. The van der Waals surface area contributed by atoms with E-state index in [1.807, 2.05) is 0 Å². The lowest BCUT2D eigenvalue weighted by Gasteiger charge is -2.23. The Morgan fingerprint density at radius 2 is 1.81 bits per heavy atom. The van der Waals surface area contributed by atoms with Crippen LogP contribution in [0.25, 0.3) is 0 Å². The number of carbonyl (C=O) groups is 3. The first-order valence-electron chi connectivity index (χ1n) is 8.45. The lowest BCUT2D eigenvalue weighted by Crippen LogP contribution is -2.48. The van der Waals surface area contributed by atoms with E-state index in [1.54, 1.807) is 13.8 Å². The molecule has 0 unspecified atom stereocenters. The van der Waals surface area contributed by atoms with Crippen LogP contribution in [0.5, 0.6) is 0 Å². The Balaban J connectivity index is 2.01. The van der Waals surface area contributed by atoms with Crippen molar-refractivity contribution in [3.8, 4) is 0 Å². The average molecular weight is 401 g/mol. The fraction of sp³-hybridized carbons (Fsp3) is 0.500. The Morgan fingerprint density at radius 3 is 2.35 bits per heavy atom. The third-order valence-electron chi connectivity index (χ3n) is 3.97. The highest BCUT2D eigenvalue weighted by Gasteiger charge is 2.31. The third-order valence-corrected chi connectivity index (χ3v) is 4.52. The first kappa shape index (κ1) is 20.5. The molecule has 2 amide bonds. The molecule has 2 N–H and O–H groups in total. The van der Waals surface area contributed by atoms with Gasteiger partial charge in [0.25, 0.3) is 11.8 Å². The van der Waals surface area contributed by atoms with E-state index in [0.717, 1.165) is 12.8 Å². The van der Waals surface area contributed by atoms with E-state index < -0.39 is 24.0 Å². The van der Waals surface area contributed by atoms with Gasteiger partial charge >= 0.3 is 5.97 Å². The minimum atomic E-state index is -0.930. The highest BCUT2D eigenvalue weighted by Crippen LogP contribution is 2.21. The second kappa shape index (κ2) is 8.73. The molecule has 2 atom stereocenters. The Kier molecular flexibility index (Phi) is 6.89. The Labute approximate surface area is 162 Å². The molecule has 1 aliphatic carbocycles. The number of amides is 2. The molecule has 1 aromatic rings. The molecule has 142 valence electrons. The van der Waals surface area contributed by atoms with E-state index >= 15 is 0 Å². The van der Waals surface area contributed by atoms with Gasteiger partial charge in [0.1, 0.15) is 6.04 Å². The molecular formula is C18H22Cl2N2O4. The minimum Gasteiger partial charge on any atom is -0.451 e. The van der Waals surface area contributed by atoms with Crippen molar-refractivity contribution in [1.29, 1.82) is 0 Å². The molecule has 1 fully saturated rings. The first-order chi connectivity index (χ1) is 12.2. The number of ether oxygens (including phenoxy) is 1. The predicted molar refractivity (Wildman–Crippen MR) is 99.3 cm³/mol. The molecular weight excluding hydrogens is 379 g/mol. The second-order valence-corrected chi connectivity index (χ2v) is 7.52. The molecule has 0 radical (unpaired) electrons. The van der Waals surface area contributed by atoms with Gasteiger partial charge in [-0.2, -0.15) is 0 Å². The number of benzene rings is 1. The Morgan fingerprint density at radius 1 is 1.15 bits per heavy atom. The van der Waals surface area contributed by atoms with Crippen LogP contribution in [0.1, 0.15) is 44.0 Å². The maximum atomic E-state index is 12.4. The summed E-state index contributed by atoms with van der Waals surface area (Å²) in [6.45, 7) is 5.04. The maximum Gasteiger partial charge on any atom is 0.329 e. The summed E-state index contributed by atoms with van der Waals surface area (Å²) in [5.41, 5.74) is 0.203. The molecule has 8 heteroatoms. The van der Waals surface area contributed by atoms with E-state index in [9.17, 15) is 14.4 Å². The molecule has 2 rings (SSSR count). The van der Waals surface area contributed by atoms with Gasteiger partial charge in [0.05, 0.1) is 10.6 Å². The lowest BCUT2D eigenvalue weighted by atomic mass is 10.0. The van der Waals surface area contributed by atoms with Crippen LogP contribution in [0.15, 0.2) is 18.2 Å². The zero-order valence-electron chi connectivity index (χ0n) is 14.8. The summed E-state index contributed by atoms with van der Waals surface area (Å²) in [5.74, 6) is -1.76. The molecule has 0 spiro atoms. The molecule has 6 nitrogen and oxygen atoms in total. The van der Waals surface area contributed by atoms with Gasteiger partial charge in [-0.15, -0.1) is 0 Å². The van der Waals surface area contributed by atoms with Crippen molar-refractivity contribution < 1.29 is 19.1 Å². The Bertz CT molecular complexity index is 704. The lowest BCUT2D eigenvalue weighted by molar-refractivity contribution is -0.157. The van der Waals surface area contributed by atoms with Gasteiger partial charge in [-0.25, -0.2) is 4.79 Å². The topological polar surface area (TPSA) is 84.5 Å². The van der Waals surface area contributed by atoms with Crippen molar-refractivity contribution in [2.45, 2.75) is 51.8 Å². The number of esters is 1.